The fourth-order valence-electron chi connectivity index (χ4n) is 3.78. The molecule has 1 saturated carbocycles. The molecule has 0 saturated heterocycles. The van der Waals surface area contributed by atoms with Gasteiger partial charge in [0.15, 0.2) is 0 Å². The average Bonchev–Trinajstić information content (AvgIpc) is 3.21. The molecule has 1 aromatic rings. The number of hydrogen-bond donors (Lipinski definition) is 0. The van der Waals surface area contributed by atoms with Crippen molar-refractivity contribution in [2.24, 2.45) is 11.8 Å². The van der Waals surface area contributed by atoms with Gasteiger partial charge in [0, 0.05) is 26.6 Å². The van der Waals surface area contributed by atoms with Crippen LogP contribution in [0, 0.1) is 11.8 Å². The molecule has 3 nitrogen and oxygen atoms in total. The number of carbonyl (C=O) groups is 1. The van der Waals surface area contributed by atoms with E-state index in [1.165, 1.54) is 11.1 Å². The largest absolute Gasteiger partial charge is 0.383 e. The third-order valence-electron chi connectivity index (χ3n) is 4.81. The van der Waals surface area contributed by atoms with Crippen LogP contribution in [0.2, 0.25) is 0 Å². The number of benzene rings is 1. The summed E-state index contributed by atoms with van der Waals surface area (Å²) in [5.74, 6) is 1.36. The van der Waals surface area contributed by atoms with E-state index >= 15 is 0 Å². The second-order valence-electron chi connectivity index (χ2n) is 6.22. The van der Waals surface area contributed by atoms with Gasteiger partial charge in [0.2, 0.25) is 5.91 Å². The van der Waals surface area contributed by atoms with E-state index in [2.05, 4.69) is 24.3 Å². The van der Waals surface area contributed by atoms with Crippen LogP contribution in [0.4, 0.5) is 0 Å². The number of halogens is 1. The van der Waals surface area contributed by atoms with Gasteiger partial charge in [-0.1, -0.05) is 24.3 Å². The fourth-order valence-corrected chi connectivity index (χ4v) is 4.11. The number of rotatable bonds is 5. The zero-order valence-corrected chi connectivity index (χ0v) is 13.3. The molecule has 0 aromatic heterocycles. The van der Waals surface area contributed by atoms with E-state index in [0.29, 0.717) is 25.0 Å². The molecule has 4 atom stereocenters. The van der Waals surface area contributed by atoms with Gasteiger partial charge in [-0.3, -0.25) is 4.79 Å². The number of alkyl halides is 1. The first-order valence-corrected chi connectivity index (χ1v) is 8.03. The molecule has 0 aliphatic heterocycles. The van der Waals surface area contributed by atoms with E-state index in [-0.39, 0.29) is 17.2 Å². The van der Waals surface area contributed by atoms with Gasteiger partial charge < -0.3 is 9.64 Å². The summed E-state index contributed by atoms with van der Waals surface area (Å²) in [6.45, 7) is 1.02. The van der Waals surface area contributed by atoms with Crippen molar-refractivity contribution in [1.29, 1.82) is 0 Å². The first kappa shape index (κ1) is 14.9. The topological polar surface area (TPSA) is 29.5 Å². The molecule has 2 aliphatic carbocycles. The third kappa shape index (κ3) is 2.82. The predicted molar refractivity (Wildman–Crippen MR) is 83.6 cm³/mol. The maximum Gasteiger partial charge on any atom is 0.226 e. The summed E-state index contributed by atoms with van der Waals surface area (Å²) >= 11 is 6.16. The third-order valence-corrected chi connectivity index (χ3v) is 5.07. The van der Waals surface area contributed by atoms with Crippen molar-refractivity contribution in [2.75, 3.05) is 27.3 Å². The number of ether oxygens (including phenoxy) is 1. The zero-order valence-electron chi connectivity index (χ0n) is 12.6. The minimum atomic E-state index is -0.142. The second-order valence-corrected chi connectivity index (χ2v) is 6.84. The van der Waals surface area contributed by atoms with Gasteiger partial charge in [-0.25, -0.2) is 0 Å². The smallest absolute Gasteiger partial charge is 0.226 e. The average molecular weight is 308 g/mol. The van der Waals surface area contributed by atoms with Crippen molar-refractivity contribution in [3.63, 3.8) is 0 Å². The highest BCUT2D eigenvalue weighted by molar-refractivity contribution is 6.21. The van der Waals surface area contributed by atoms with E-state index in [1.807, 2.05) is 7.05 Å². The molecule has 114 valence electrons. The Morgan fingerprint density at radius 3 is 3.00 bits per heavy atom. The highest BCUT2D eigenvalue weighted by Gasteiger charge is 2.57. The molecule has 21 heavy (non-hydrogen) atoms. The molecule has 0 heterocycles. The molecule has 2 aliphatic rings. The quantitative estimate of drug-likeness (QED) is 0.783. The van der Waals surface area contributed by atoms with Gasteiger partial charge in [-0.2, -0.15) is 0 Å². The monoisotopic (exact) mass is 307 g/mol. The van der Waals surface area contributed by atoms with Gasteiger partial charge in [0.05, 0.1) is 12.0 Å². The van der Waals surface area contributed by atoms with Crippen molar-refractivity contribution >= 4 is 17.5 Å². The summed E-state index contributed by atoms with van der Waals surface area (Å²) in [4.78, 5) is 14.4. The highest BCUT2D eigenvalue weighted by atomic mass is 35.5. The summed E-state index contributed by atoms with van der Waals surface area (Å²) in [6.07, 6.45) is 2.24. The molecule has 0 radical (unpaired) electrons. The van der Waals surface area contributed by atoms with Gasteiger partial charge in [-0.05, 0) is 35.8 Å². The molecule has 1 fully saturated rings. The Morgan fingerprint density at radius 2 is 2.24 bits per heavy atom. The zero-order chi connectivity index (χ0) is 15.0. The molecule has 4 heteroatoms. The number of carbonyl (C=O) groups excluding carboxylic acids is 1. The normalized spacial score (nSPS) is 27.5. The van der Waals surface area contributed by atoms with E-state index in [0.717, 1.165) is 12.8 Å². The fraction of sp³-hybridized carbons (Fsp3) is 0.588. The number of amides is 1. The van der Waals surface area contributed by atoms with E-state index < -0.39 is 0 Å². The first-order chi connectivity index (χ1) is 10.1. The number of nitrogens with zero attached hydrogens (tertiary/aromatic N) is 1. The van der Waals surface area contributed by atoms with Crippen LogP contribution >= 0.6 is 11.6 Å². The number of aryl methyl sites for hydroxylation is 1. The highest BCUT2D eigenvalue weighted by Crippen LogP contribution is 2.60. The maximum absolute atomic E-state index is 12.6. The molecule has 0 bridgehead atoms. The molecule has 0 N–H and O–H groups in total. The van der Waals surface area contributed by atoms with Gasteiger partial charge in [0.25, 0.3) is 0 Å². The summed E-state index contributed by atoms with van der Waals surface area (Å²) in [7, 11) is 3.48. The molecular weight excluding hydrogens is 286 g/mol. The van der Waals surface area contributed by atoms with Crippen LogP contribution in [-0.4, -0.2) is 43.5 Å². The van der Waals surface area contributed by atoms with Crippen molar-refractivity contribution < 1.29 is 9.53 Å². The lowest BCUT2D eigenvalue weighted by atomic mass is 9.92. The first-order valence-electron chi connectivity index (χ1n) is 7.59. The van der Waals surface area contributed by atoms with Crippen molar-refractivity contribution in [1.82, 2.24) is 4.90 Å². The Labute approximate surface area is 131 Å². The summed E-state index contributed by atoms with van der Waals surface area (Å²) < 4.78 is 5.03. The summed E-state index contributed by atoms with van der Waals surface area (Å²) in [5, 5.41) is -0.142. The SMILES string of the molecule is COCC(Cl)CN(C)C(=O)C1C2CCc3ccccc3C21. The van der Waals surface area contributed by atoms with Crippen molar-refractivity contribution in [2.45, 2.75) is 24.1 Å². The Bertz CT molecular complexity index is 533. The van der Waals surface area contributed by atoms with Gasteiger partial charge in [0.1, 0.15) is 0 Å². The van der Waals surface area contributed by atoms with E-state index in [9.17, 15) is 4.79 Å². The molecule has 1 aromatic carbocycles. The molecule has 1 amide bonds. The van der Waals surface area contributed by atoms with Crippen LogP contribution < -0.4 is 0 Å². The van der Waals surface area contributed by atoms with Crippen LogP contribution in [0.5, 0.6) is 0 Å². The van der Waals surface area contributed by atoms with Crippen molar-refractivity contribution in [3.05, 3.63) is 35.4 Å². The van der Waals surface area contributed by atoms with Gasteiger partial charge in [-0.15, -0.1) is 11.6 Å². The minimum Gasteiger partial charge on any atom is -0.383 e. The number of fused-ring (bicyclic) bond motifs is 3. The number of hydrogen-bond acceptors (Lipinski definition) is 2. The van der Waals surface area contributed by atoms with Crippen LogP contribution in [-0.2, 0) is 16.0 Å². The van der Waals surface area contributed by atoms with Crippen LogP contribution in [0.25, 0.3) is 0 Å². The Kier molecular flexibility index (Phi) is 4.23. The molecule has 3 rings (SSSR count). The predicted octanol–water partition coefficient (Wildman–Crippen LogP) is 2.67. The van der Waals surface area contributed by atoms with E-state index in [4.69, 9.17) is 16.3 Å². The van der Waals surface area contributed by atoms with Crippen LogP contribution in [0.3, 0.4) is 0 Å². The Balaban J connectivity index is 1.66. The minimum absolute atomic E-state index is 0.142. The van der Waals surface area contributed by atoms with E-state index in [1.54, 1.807) is 12.0 Å². The molecular formula is C17H22ClNO2. The molecule has 0 spiro atoms. The lowest BCUT2D eigenvalue weighted by molar-refractivity contribution is -0.131. The second kappa shape index (κ2) is 5.98. The van der Waals surface area contributed by atoms with Crippen molar-refractivity contribution in [3.8, 4) is 0 Å². The van der Waals surface area contributed by atoms with Crippen LogP contribution in [0.15, 0.2) is 24.3 Å². The Morgan fingerprint density at radius 1 is 1.48 bits per heavy atom. The van der Waals surface area contributed by atoms with Crippen LogP contribution in [0.1, 0.15) is 23.5 Å². The summed E-state index contributed by atoms with van der Waals surface area (Å²) in [5.41, 5.74) is 2.81. The standard InChI is InChI=1S/C17H22ClNO2/c1-19(9-12(18)10-21-2)17(20)16-14-8-7-11-5-3-4-6-13(11)15(14)16/h3-6,12,14-16H,7-10H2,1-2H3. The lowest BCUT2D eigenvalue weighted by Gasteiger charge is -2.20. The maximum atomic E-state index is 12.6. The molecule has 4 unspecified atom stereocenters. The number of methoxy groups -OCH3 is 1. The van der Waals surface area contributed by atoms with Gasteiger partial charge >= 0.3 is 0 Å². The Hall–Kier alpha value is -1.06. The summed E-state index contributed by atoms with van der Waals surface area (Å²) in [6, 6.07) is 8.56. The lowest BCUT2D eigenvalue weighted by Crippen LogP contribution is -2.35.